The van der Waals surface area contributed by atoms with Gasteiger partial charge < -0.3 is 24.0 Å². The molecule has 0 saturated carbocycles. The molecule has 10 heteroatoms. The summed E-state index contributed by atoms with van der Waals surface area (Å²) in [6.07, 6.45) is 2.32. The van der Waals surface area contributed by atoms with Gasteiger partial charge in [-0.1, -0.05) is 29.4 Å². The monoisotopic (exact) mass is 479 g/mol. The van der Waals surface area contributed by atoms with Gasteiger partial charge >= 0.3 is 0 Å². The van der Waals surface area contributed by atoms with Crippen LogP contribution in [0.5, 0.6) is 11.5 Å². The van der Waals surface area contributed by atoms with Crippen molar-refractivity contribution in [2.24, 2.45) is 0 Å². The molecule has 1 atom stereocenters. The van der Waals surface area contributed by atoms with Crippen LogP contribution in [0.2, 0.25) is 0 Å². The first-order valence-electron chi connectivity index (χ1n) is 11.9. The van der Waals surface area contributed by atoms with Crippen molar-refractivity contribution in [3.05, 3.63) is 53.5 Å². The predicted molar refractivity (Wildman–Crippen MR) is 126 cm³/mol. The minimum Gasteiger partial charge on any atom is -0.493 e. The molecule has 1 saturated heterocycles. The maximum atomic E-state index is 12.9. The van der Waals surface area contributed by atoms with E-state index in [1.165, 1.54) is 0 Å². The van der Waals surface area contributed by atoms with E-state index >= 15 is 0 Å². The van der Waals surface area contributed by atoms with Gasteiger partial charge in [-0.05, 0) is 30.9 Å². The number of hydrogen-bond acceptors (Lipinski definition) is 9. The van der Waals surface area contributed by atoms with Crippen LogP contribution >= 0.6 is 0 Å². The van der Waals surface area contributed by atoms with E-state index in [1.54, 1.807) is 19.4 Å². The fraction of sp³-hybridized carbons (Fsp3) is 0.440. The van der Waals surface area contributed by atoms with E-state index in [0.717, 1.165) is 24.0 Å². The Morgan fingerprint density at radius 1 is 1.23 bits per heavy atom. The summed E-state index contributed by atoms with van der Waals surface area (Å²) in [5.41, 5.74) is 2.49. The molecule has 4 heterocycles. The van der Waals surface area contributed by atoms with Crippen molar-refractivity contribution in [3.63, 3.8) is 0 Å². The number of carbonyl (C=O) groups excluding carboxylic acids is 1. The summed E-state index contributed by atoms with van der Waals surface area (Å²) >= 11 is 0. The summed E-state index contributed by atoms with van der Waals surface area (Å²) < 4.78 is 16.4. The van der Waals surface area contributed by atoms with Gasteiger partial charge in [0, 0.05) is 31.6 Å². The van der Waals surface area contributed by atoms with E-state index in [2.05, 4.69) is 15.1 Å². The molecule has 0 bridgehead atoms. The largest absolute Gasteiger partial charge is 0.493 e. The quantitative estimate of drug-likeness (QED) is 0.546. The molecule has 3 aromatic rings. The number of hydrogen-bond donors (Lipinski definition) is 1. The number of fused-ring (bicyclic) bond motifs is 1. The number of pyridine rings is 1. The van der Waals surface area contributed by atoms with E-state index in [0.29, 0.717) is 55.1 Å². The number of aliphatic hydroxyl groups excluding tert-OH is 1. The second kappa shape index (κ2) is 10.0. The van der Waals surface area contributed by atoms with Crippen LogP contribution in [0.3, 0.4) is 0 Å². The van der Waals surface area contributed by atoms with Crippen molar-refractivity contribution in [1.29, 1.82) is 0 Å². The zero-order valence-corrected chi connectivity index (χ0v) is 19.9. The molecule has 0 spiro atoms. The highest BCUT2D eigenvalue weighted by atomic mass is 16.5. The van der Waals surface area contributed by atoms with E-state index in [-0.39, 0.29) is 18.4 Å². The molecule has 2 aromatic heterocycles. The Morgan fingerprint density at radius 2 is 2.03 bits per heavy atom. The van der Waals surface area contributed by atoms with E-state index in [4.69, 9.17) is 14.0 Å². The number of amides is 1. The van der Waals surface area contributed by atoms with Crippen molar-refractivity contribution in [1.82, 2.24) is 24.9 Å². The third-order valence-electron chi connectivity index (χ3n) is 6.61. The molecule has 2 aliphatic rings. The average Bonchev–Trinajstić information content (AvgIpc) is 3.50. The Labute approximate surface area is 203 Å². The number of benzene rings is 1. The molecule has 1 unspecified atom stereocenters. The lowest BCUT2D eigenvalue weighted by Gasteiger charge is -2.32. The first-order chi connectivity index (χ1) is 17.1. The lowest BCUT2D eigenvalue weighted by atomic mass is 9.96. The van der Waals surface area contributed by atoms with Gasteiger partial charge in [0.2, 0.25) is 17.6 Å². The van der Waals surface area contributed by atoms with Crippen molar-refractivity contribution in [2.45, 2.75) is 38.5 Å². The van der Waals surface area contributed by atoms with E-state index in [1.807, 2.05) is 41.0 Å². The van der Waals surface area contributed by atoms with E-state index < -0.39 is 6.23 Å². The number of piperidine rings is 1. The van der Waals surface area contributed by atoms with Crippen LogP contribution in [0.25, 0.3) is 11.5 Å². The lowest BCUT2D eigenvalue weighted by molar-refractivity contribution is -0.136. The zero-order chi connectivity index (χ0) is 24.4. The highest BCUT2D eigenvalue weighted by molar-refractivity contribution is 5.78. The highest BCUT2D eigenvalue weighted by Crippen LogP contribution is 2.33. The van der Waals surface area contributed by atoms with Crippen LogP contribution in [0.15, 0.2) is 41.1 Å². The van der Waals surface area contributed by atoms with Crippen LogP contribution in [0, 0.1) is 0 Å². The molecule has 1 amide bonds. The number of methoxy groups -OCH3 is 1. The van der Waals surface area contributed by atoms with Gasteiger partial charge in [0.15, 0.2) is 11.5 Å². The fourth-order valence-electron chi connectivity index (χ4n) is 4.70. The van der Waals surface area contributed by atoms with Crippen molar-refractivity contribution in [3.8, 4) is 23.0 Å². The molecule has 10 nitrogen and oxygen atoms in total. The molecule has 1 N–H and O–H groups in total. The summed E-state index contributed by atoms with van der Waals surface area (Å²) in [6, 6.07) is 9.49. The summed E-state index contributed by atoms with van der Waals surface area (Å²) in [6.45, 7) is 4.38. The first kappa shape index (κ1) is 23.3. The minimum atomic E-state index is -0.737. The van der Waals surface area contributed by atoms with Crippen molar-refractivity contribution < 1.29 is 23.9 Å². The Morgan fingerprint density at radius 3 is 2.77 bits per heavy atom. The zero-order valence-electron chi connectivity index (χ0n) is 19.9. The number of rotatable bonds is 7. The maximum absolute atomic E-state index is 12.9. The van der Waals surface area contributed by atoms with Crippen LogP contribution < -0.4 is 9.47 Å². The Bertz CT molecular complexity index is 1190. The van der Waals surface area contributed by atoms with Crippen molar-refractivity contribution >= 4 is 5.91 Å². The molecular formula is C25H29N5O5. The highest BCUT2D eigenvalue weighted by Gasteiger charge is 2.33. The molecule has 1 fully saturated rings. The van der Waals surface area contributed by atoms with Gasteiger partial charge in [-0.3, -0.25) is 9.69 Å². The number of likely N-dealkylation sites (tertiary alicyclic amines) is 1. The molecule has 35 heavy (non-hydrogen) atoms. The van der Waals surface area contributed by atoms with Crippen LogP contribution in [-0.2, 0) is 11.3 Å². The lowest BCUT2D eigenvalue weighted by Crippen LogP contribution is -2.43. The fourth-order valence-corrected chi connectivity index (χ4v) is 4.70. The van der Waals surface area contributed by atoms with Gasteiger partial charge in [0.1, 0.15) is 11.9 Å². The third-order valence-corrected chi connectivity index (χ3v) is 6.61. The van der Waals surface area contributed by atoms with Crippen molar-refractivity contribution in [2.75, 3.05) is 33.4 Å². The SMILES string of the molecule is CCOc1cnc(-c2noc(C3CCN(C(=O)CN4Cc5ccccc5C4O)CC3)n2)cc1OC. The second-order valence-corrected chi connectivity index (χ2v) is 8.74. The third kappa shape index (κ3) is 4.71. The number of ether oxygens (including phenoxy) is 2. The second-order valence-electron chi connectivity index (χ2n) is 8.74. The van der Waals surface area contributed by atoms with Gasteiger partial charge in [-0.25, -0.2) is 4.98 Å². The van der Waals surface area contributed by atoms with Gasteiger partial charge in [-0.2, -0.15) is 4.98 Å². The molecule has 5 rings (SSSR count). The normalized spacial score (nSPS) is 18.5. The molecule has 0 aliphatic carbocycles. The van der Waals surface area contributed by atoms with E-state index in [9.17, 15) is 9.90 Å². The molecule has 0 radical (unpaired) electrons. The molecule has 2 aliphatic heterocycles. The first-order valence-corrected chi connectivity index (χ1v) is 11.9. The maximum Gasteiger partial charge on any atom is 0.236 e. The van der Waals surface area contributed by atoms with Gasteiger partial charge in [0.25, 0.3) is 0 Å². The number of aromatic nitrogens is 3. The standard InChI is InChI=1S/C25H29N5O5/c1-3-34-21-13-26-19(12-20(21)33-2)23-27-24(35-28-23)16-8-10-29(11-9-16)22(31)15-30-14-17-6-4-5-7-18(17)25(30)32/h4-7,12-13,16,25,32H,3,8-11,14-15H2,1-2H3. The Hall–Kier alpha value is -3.50. The predicted octanol–water partition coefficient (Wildman–Crippen LogP) is 2.75. The van der Waals surface area contributed by atoms with Crippen LogP contribution in [-0.4, -0.2) is 69.3 Å². The summed E-state index contributed by atoms with van der Waals surface area (Å²) in [4.78, 5) is 25.5. The summed E-state index contributed by atoms with van der Waals surface area (Å²) in [7, 11) is 1.57. The molecule has 1 aromatic carbocycles. The summed E-state index contributed by atoms with van der Waals surface area (Å²) in [5, 5.41) is 14.7. The summed E-state index contributed by atoms with van der Waals surface area (Å²) in [5.74, 6) is 2.15. The molecule has 184 valence electrons. The molecular weight excluding hydrogens is 450 g/mol. The average molecular weight is 480 g/mol. The van der Waals surface area contributed by atoms with Gasteiger partial charge in [0.05, 0.1) is 26.5 Å². The van der Waals surface area contributed by atoms with Gasteiger partial charge in [-0.15, -0.1) is 0 Å². The van der Waals surface area contributed by atoms with Crippen LogP contribution in [0.1, 0.15) is 48.9 Å². The Balaban J connectivity index is 1.17. The topological polar surface area (TPSA) is 114 Å². The number of nitrogens with zero attached hydrogens (tertiary/aromatic N) is 5. The number of aliphatic hydroxyl groups is 1. The Kier molecular flexibility index (Phi) is 6.65. The minimum absolute atomic E-state index is 0.0206. The van der Waals surface area contributed by atoms with Crippen LogP contribution in [0.4, 0.5) is 0 Å². The smallest absolute Gasteiger partial charge is 0.236 e. The number of carbonyl (C=O) groups is 1.